The van der Waals surface area contributed by atoms with E-state index in [1.54, 1.807) is 0 Å². The SMILES string of the molecule is C=Cc1ccccc1.CCC#Cc1ccc(P)cc1. The molecule has 2 aromatic carbocycles. The molecule has 0 heterocycles. The maximum absolute atomic E-state index is 3.63. The second-order valence-corrected chi connectivity index (χ2v) is 4.56. The maximum Gasteiger partial charge on any atom is 0.0245 e. The average molecular weight is 266 g/mol. The van der Waals surface area contributed by atoms with Crippen molar-refractivity contribution in [2.45, 2.75) is 13.3 Å². The highest BCUT2D eigenvalue weighted by atomic mass is 31.0. The van der Waals surface area contributed by atoms with E-state index in [0.717, 1.165) is 12.0 Å². The summed E-state index contributed by atoms with van der Waals surface area (Å²) in [4.78, 5) is 0. The van der Waals surface area contributed by atoms with Gasteiger partial charge in [0.15, 0.2) is 0 Å². The van der Waals surface area contributed by atoms with E-state index >= 15 is 0 Å². The van der Waals surface area contributed by atoms with E-state index in [1.807, 2.05) is 60.7 Å². The molecule has 0 radical (unpaired) electrons. The molecule has 0 spiro atoms. The molecule has 0 bridgehead atoms. The van der Waals surface area contributed by atoms with Crippen molar-refractivity contribution in [3.63, 3.8) is 0 Å². The van der Waals surface area contributed by atoms with Gasteiger partial charge in [-0.2, -0.15) is 0 Å². The second-order valence-electron chi connectivity index (χ2n) is 3.89. The van der Waals surface area contributed by atoms with E-state index < -0.39 is 0 Å². The minimum absolute atomic E-state index is 0.919. The first-order valence-electron chi connectivity index (χ1n) is 6.28. The summed E-state index contributed by atoms with van der Waals surface area (Å²) >= 11 is 0. The van der Waals surface area contributed by atoms with Gasteiger partial charge in [0.05, 0.1) is 0 Å². The first kappa shape index (κ1) is 15.2. The monoisotopic (exact) mass is 266 g/mol. The lowest BCUT2D eigenvalue weighted by molar-refractivity contribution is 1.28. The molecule has 1 heteroatoms. The molecule has 0 fully saturated rings. The summed E-state index contributed by atoms with van der Waals surface area (Å²) in [5.41, 5.74) is 2.27. The van der Waals surface area contributed by atoms with Crippen LogP contribution in [0.25, 0.3) is 6.08 Å². The molecule has 0 N–H and O–H groups in total. The number of hydrogen-bond donors (Lipinski definition) is 0. The van der Waals surface area contributed by atoms with Gasteiger partial charge in [-0.1, -0.05) is 73.9 Å². The van der Waals surface area contributed by atoms with Crippen molar-refractivity contribution in [2.24, 2.45) is 0 Å². The van der Waals surface area contributed by atoms with Gasteiger partial charge in [0, 0.05) is 12.0 Å². The quantitative estimate of drug-likeness (QED) is 0.534. The lowest BCUT2D eigenvalue weighted by Crippen LogP contribution is -1.87. The zero-order valence-corrected chi connectivity index (χ0v) is 12.4. The normalized spacial score (nSPS) is 8.53. The van der Waals surface area contributed by atoms with E-state index in [4.69, 9.17) is 0 Å². The Balaban J connectivity index is 0.000000200. The van der Waals surface area contributed by atoms with Crippen molar-refractivity contribution in [1.82, 2.24) is 0 Å². The zero-order chi connectivity index (χ0) is 13.9. The molecule has 0 aliphatic heterocycles. The van der Waals surface area contributed by atoms with Crippen molar-refractivity contribution < 1.29 is 0 Å². The molecule has 2 rings (SSSR count). The fourth-order valence-corrected chi connectivity index (χ4v) is 1.54. The Kier molecular flexibility index (Phi) is 7.33. The number of benzene rings is 2. The lowest BCUT2D eigenvalue weighted by atomic mass is 10.2. The summed E-state index contributed by atoms with van der Waals surface area (Å²) in [6, 6.07) is 18.2. The molecule has 96 valence electrons. The molecule has 0 saturated heterocycles. The van der Waals surface area contributed by atoms with E-state index in [9.17, 15) is 0 Å². The topological polar surface area (TPSA) is 0 Å². The minimum Gasteiger partial charge on any atom is -0.106 e. The van der Waals surface area contributed by atoms with E-state index in [0.29, 0.717) is 0 Å². The van der Waals surface area contributed by atoms with Crippen LogP contribution in [0, 0.1) is 11.8 Å². The Hall–Kier alpha value is -1.83. The van der Waals surface area contributed by atoms with Crippen LogP contribution in [-0.2, 0) is 0 Å². The van der Waals surface area contributed by atoms with Crippen molar-refractivity contribution in [3.05, 3.63) is 72.3 Å². The van der Waals surface area contributed by atoms with Gasteiger partial charge in [-0.3, -0.25) is 0 Å². The Bertz CT molecular complexity index is 542. The standard InChI is InChI=1S/C10H11P.C8H8/c1-2-3-4-9-5-7-10(11)8-6-9;1-2-8-6-4-3-5-7-8/h5-8H,2,11H2,1H3;2-7H,1H2. The van der Waals surface area contributed by atoms with Crippen molar-refractivity contribution in [2.75, 3.05) is 0 Å². The van der Waals surface area contributed by atoms with Gasteiger partial charge in [-0.05, 0) is 23.0 Å². The predicted octanol–water partition coefficient (Wildman–Crippen LogP) is 4.28. The molecule has 1 unspecified atom stereocenters. The van der Waals surface area contributed by atoms with Crippen LogP contribution in [-0.4, -0.2) is 0 Å². The summed E-state index contributed by atoms with van der Waals surface area (Å²) in [6.45, 7) is 5.68. The molecule has 1 atom stereocenters. The summed E-state index contributed by atoms with van der Waals surface area (Å²) in [7, 11) is 2.65. The second kappa shape index (κ2) is 9.15. The van der Waals surface area contributed by atoms with Crippen LogP contribution in [0.2, 0.25) is 0 Å². The molecule has 0 amide bonds. The van der Waals surface area contributed by atoms with Crippen LogP contribution >= 0.6 is 9.24 Å². The molecule has 0 nitrogen and oxygen atoms in total. The van der Waals surface area contributed by atoms with Crippen molar-refractivity contribution >= 4 is 20.6 Å². The van der Waals surface area contributed by atoms with E-state index in [-0.39, 0.29) is 0 Å². The van der Waals surface area contributed by atoms with Gasteiger partial charge in [0.1, 0.15) is 0 Å². The van der Waals surface area contributed by atoms with Crippen molar-refractivity contribution in [3.8, 4) is 11.8 Å². The smallest absolute Gasteiger partial charge is 0.0245 e. The first-order chi connectivity index (χ1) is 9.26. The van der Waals surface area contributed by atoms with E-state index in [1.165, 1.54) is 10.9 Å². The fourth-order valence-electron chi connectivity index (χ4n) is 1.35. The number of rotatable bonds is 1. The van der Waals surface area contributed by atoms with Gasteiger partial charge >= 0.3 is 0 Å². The van der Waals surface area contributed by atoms with Crippen LogP contribution in [0.15, 0.2) is 61.2 Å². The summed E-state index contributed by atoms with van der Waals surface area (Å²) in [5, 5.41) is 1.20. The molecule has 2 aromatic rings. The number of hydrogen-bond acceptors (Lipinski definition) is 0. The Labute approximate surface area is 118 Å². The van der Waals surface area contributed by atoms with Gasteiger partial charge in [0.25, 0.3) is 0 Å². The molecule has 0 aromatic heterocycles. The highest BCUT2D eigenvalue weighted by Gasteiger charge is 1.84. The van der Waals surface area contributed by atoms with Crippen LogP contribution in [0.1, 0.15) is 24.5 Å². The molecule has 0 aliphatic rings. The molecule has 0 aliphatic carbocycles. The first-order valence-corrected chi connectivity index (χ1v) is 6.86. The average Bonchev–Trinajstić information content (AvgIpc) is 2.48. The minimum atomic E-state index is 0.919. The Morgan fingerprint density at radius 3 is 2.16 bits per heavy atom. The summed E-state index contributed by atoms with van der Waals surface area (Å²) in [6.07, 6.45) is 2.75. The van der Waals surface area contributed by atoms with Gasteiger partial charge in [-0.25, -0.2) is 0 Å². The van der Waals surface area contributed by atoms with Crippen LogP contribution in [0.5, 0.6) is 0 Å². The van der Waals surface area contributed by atoms with E-state index in [2.05, 4.69) is 34.6 Å². The third-order valence-corrected chi connectivity index (χ3v) is 2.74. The highest BCUT2D eigenvalue weighted by Crippen LogP contribution is 1.97. The molecular weight excluding hydrogens is 247 g/mol. The predicted molar refractivity (Wildman–Crippen MR) is 89.5 cm³/mol. The summed E-state index contributed by atoms with van der Waals surface area (Å²) in [5.74, 6) is 6.09. The zero-order valence-electron chi connectivity index (χ0n) is 11.3. The van der Waals surface area contributed by atoms with Gasteiger partial charge in [0.2, 0.25) is 0 Å². The third-order valence-electron chi connectivity index (χ3n) is 2.36. The largest absolute Gasteiger partial charge is 0.106 e. The lowest BCUT2D eigenvalue weighted by Gasteiger charge is -1.90. The van der Waals surface area contributed by atoms with Crippen LogP contribution in [0.3, 0.4) is 0 Å². The third kappa shape index (κ3) is 6.61. The molecule has 0 saturated carbocycles. The van der Waals surface area contributed by atoms with Crippen LogP contribution in [0.4, 0.5) is 0 Å². The highest BCUT2D eigenvalue weighted by molar-refractivity contribution is 7.27. The van der Waals surface area contributed by atoms with Crippen molar-refractivity contribution in [1.29, 1.82) is 0 Å². The maximum atomic E-state index is 3.63. The van der Waals surface area contributed by atoms with Gasteiger partial charge < -0.3 is 0 Å². The van der Waals surface area contributed by atoms with Gasteiger partial charge in [-0.15, -0.1) is 9.24 Å². The Morgan fingerprint density at radius 2 is 1.68 bits per heavy atom. The molecular formula is C18H19P. The van der Waals surface area contributed by atoms with Crippen LogP contribution < -0.4 is 5.30 Å². The summed E-state index contributed by atoms with van der Waals surface area (Å²) < 4.78 is 0. The molecule has 19 heavy (non-hydrogen) atoms. The Morgan fingerprint density at radius 1 is 1.05 bits per heavy atom. The fraction of sp³-hybridized carbons (Fsp3) is 0.111.